The van der Waals surface area contributed by atoms with Crippen molar-refractivity contribution >= 4 is 11.6 Å². The largest absolute Gasteiger partial charge is 0.502 e. The highest BCUT2D eigenvalue weighted by atomic mass is 19.1. The van der Waals surface area contributed by atoms with Crippen molar-refractivity contribution in [2.24, 2.45) is 0 Å². The molecule has 0 aliphatic carbocycles. The van der Waals surface area contributed by atoms with Crippen molar-refractivity contribution in [3.63, 3.8) is 0 Å². The normalized spacial score (nSPS) is 17.0. The molecule has 1 saturated heterocycles. The molecule has 2 aromatic carbocycles. The Bertz CT molecular complexity index is 792. The van der Waals surface area contributed by atoms with E-state index in [1.54, 1.807) is 17.0 Å². The number of nitro groups is 1. The molecule has 7 heteroatoms. The van der Waals surface area contributed by atoms with Gasteiger partial charge in [-0.15, -0.1) is 0 Å². The van der Waals surface area contributed by atoms with Crippen LogP contribution >= 0.6 is 0 Å². The van der Waals surface area contributed by atoms with Gasteiger partial charge in [0.2, 0.25) is 5.75 Å². The van der Waals surface area contributed by atoms with E-state index in [4.69, 9.17) is 0 Å². The Morgan fingerprint density at radius 1 is 1.25 bits per heavy atom. The summed E-state index contributed by atoms with van der Waals surface area (Å²) in [5.41, 5.74) is 0.369. The topological polar surface area (TPSA) is 83.7 Å². The summed E-state index contributed by atoms with van der Waals surface area (Å²) < 4.78 is 13.0. The Kier molecular flexibility index (Phi) is 4.16. The number of benzene rings is 2. The van der Waals surface area contributed by atoms with Gasteiger partial charge in [-0.25, -0.2) is 4.39 Å². The number of amides is 1. The van der Waals surface area contributed by atoms with Crippen molar-refractivity contribution in [2.75, 3.05) is 13.1 Å². The van der Waals surface area contributed by atoms with Crippen molar-refractivity contribution in [3.05, 3.63) is 69.5 Å². The lowest BCUT2D eigenvalue weighted by molar-refractivity contribution is -0.385. The minimum atomic E-state index is -0.725. The fourth-order valence-electron chi connectivity index (χ4n) is 2.97. The first-order chi connectivity index (χ1) is 11.5. The number of rotatable bonds is 3. The van der Waals surface area contributed by atoms with E-state index in [9.17, 15) is 24.4 Å². The van der Waals surface area contributed by atoms with Gasteiger partial charge in [0.15, 0.2) is 0 Å². The van der Waals surface area contributed by atoms with E-state index in [0.717, 1.165) is 11.6 Å². The van der Waals surface area contributed by atoms with Crippen LogP contribution in [0.1, 0.15) is 28.3 Å². The molecule has 1 fully saturated rings. The lowest BCUT2D eigenvalue weighted by Gasteiger charge is -2.17. The molecule has 0 radical (unpaired) electrons. The van der Waals surface area contributed by atoms with Crippen molar-refractivity contribution in [1.29, 1.82) is 0 Å². The highest BCUT2D eigenvalue weighted by Gasteiger charge is 2.31. The van der Waals surface area contributed by atoms with Crippen LogP contribution in [0.25, 0.3) is 0 Å². The Labute approximate surface area is 137 Å². The average Bonchev–Trinajstić information content (AvgIpc) is 3.05. The highest BCUT2D eigenvalue weighted by Crippen LogP contribution is 2.33. The summed E-state index contributed by atoms with van der Waals surface area (Å²) >= 11 is 0. The van der Waals surface area contributed by atoms with Crippen molar-refractivity contribution < 1.29 is 19.2 Å². The fourth-order valence-corrected chi connectivity index (χ4v) is 2.97. The molecule has 1 aliphatic rings. The summed E-state index contributed by atoms with van der Waals surface area (Å²) in [6.07, 6.45) is 0.715. The van der Waals surface area contributed by atoms with E-state index in [1.165, 1.54) is 24.3 Å². The SMILES string of the molecule is O=C(c1cccc([N+](=O)[O-])c1O)N1CCC(c2ccc(F)cc2)C1. The fraction of sp³-hybridized carbons (Fsp3) is 0.235. The zero-order valence-electron chi connectivity index (χ0n) is 12.7. The van der Waals surface area contributed by atoms with Gasteiger partial charge in [0.25, 0.3) is 5.91 Å². The van der Waals surface area contributed by atoms with E-state index in [1.807, 2.05) is 0 Å². The second-order valence-electron chi connectivity index (χ2n) is 5.72. The lowest BCUT2D eigenvalue weighted by atomic mass is 9.98. The van der Waals surface area contributed by atoms with Crippen LogP contribution < -0.4 is 0 Å². The van der Waals surface area contributed by atoms with Crippen molar-refractivity contribution in [3.8, 4) is 5.75 Å². The predicted octanol–water partition coefficient (Wildman–Crippen LogP) is 3.07. The summed E-state index contributed by atoms with van der Waals surface area (Å²) in [4.78, 5) is 24.3. The summed E-state index contributed by atoms with van der Waals surface area (Å²) in [6.45, 7) is 0.898. The van der Waals surface area contributed by atoms with Crippen molar-refractivity contribution in [2.45, 2.75) is 12.3 Å². The molecule has 24 heavy (non-hydrogen) atoms. The number of phenolic OH excluding ortho intramolecular Hbond substituents is 1. The van der Waals surface area contributed by atoms with E-state index >= 15 is 0 Å². The maximum atomic E-state index is 13.0. The van der Waals surface area contributed by atoms with E-state index < -0.39 is 22.3 Å². The lowest BCUT2D eigenvalue weighted by Crippen LogP contribution is -2.28. The molecule has 1 unspecified atom stereocenters. The molecule has 1 heterocycles. The predicted molar refractivity (Wildman–Crippen MR) is 84.4 cm³/mol. The van der Waals surface area contributed by atoms with Crippen LogP contribution in [0.4, 0.5) is 10.1 Å². The zero-order valence-corrected chi connectivity index (χ0v) is 12.7. The minimum absolute atomic E-state index is 0.0791. The highest BCUT2D eigenvalue weighted by molar-refractivity contribution is 5.98. The van der Waals surface area contributed by atoms with E-state index in [-0.39, 0.29) is 17.3 Å². The van der Waals surface area contributed by atoms with Crippen molar-refractivity contribution in [1.82, 2.24) is 4.90 Å². The number of halogens is 1. The summed E-state index contributed by atoms with van der Waals surface area (Å²) in [6, 6.07) is 10.0. The van der Waals surface area contributed by atoms with Crippen LogP contribution in [0, 0.1) is 15.9 Å². The first-order valence-corrected chi connectivity index (χ1v) is 7.48. The Morgan fingerprint density at radius 2 is 1.96 bits per heavy atom. The summed E-state index contributed by atoms with van der Waals surface area (Å²) in [7, 11) is 0. The van der Waals surface area contributed by atoms with Gasteiger partial charge in [0, 0.05) is 25.1 Å². The Morgan fingerprint density at radius 3 is 2.62 bits per heavy atom. The van der Waals surface area contributed by atoms with Gasteiger partial charge < -0.3 is 10.0 Å². The number of hydrogen-bond acceptors (Lipinski definition) is 4. The molecule has 1 aliphatic heterocycles. The standard InChI is InChI=1S/C17H15FN2O4/c18-13-6-4-11(5-7-13)12-8-9-19(10-12)17(22)14-2-1-3-15(16(14)21)20(23)24/h1-7,12,21H,8-10H2. The van der Waals surface area contributed by atoms with Gasteiger partial charge in [0.1, 0.15) is 5.82 Å². The number of hydrogen-bond donors (Lipinski definition) is 1. The number of nitro benzene ring substituents is 1. The van der Waals surface area contributed by atoms with Gasteiger partial charge in [-0.3, -0.25) is 14.9 Å². The molecule has 0 bridgehead atoms. The molecule has 0 saturated carbocycles. The molecule has 1 amide bonds. The van der Waals surface area contributed by atoms with Gasteiger partial charge >= 0.3 is 5.69 Å². The smallest absolute Gasteiger partial charge is 0.311 e. The summed E-state index contributed by atoms with van der Waals surface area (Å²) in [5.74, 6) is -1.29. The van der Waals surface area contributed by atoms with Crippen LogP contribution in [0.5, 0.6) is 5.75 Å². The summed E-state index contributed by atoms with van der Waals surface area (Å²) in [5, 5.41) is 20.8. The maximum Gasteiger partial charge on any atom is 0.311 e. The van der Waals surface area contributed by atoms with Crippen LogP contribution in [0.3, 0.4) is 0 Å². The first-order valence-electron chi connectivity index (χ1n) is 7.48. The number of nitrogens with zero attached hydrogens (tertiary/aromatic N) is 2. The second kappa shape index (κ2) is 6.27. The molecule has 124 valence electrons. The quantitative estimate of drug-likeness (QED) is 0.692. The first kappa shape index (κ1) is 15.9. The second-order valence-corrected chi connectivity index (χ2v) is 5.72. The number of carbonyl (C=O) groups excluding carboxylic acids is 1. The van der Waals surface area contributed by atoms with Crippen LogP contribution in [0.15, 0.2) is 42.5 Å². The average molecular weight is 330 g/mol. The number of carbonyl (C=O) groups is 1. The van der Waals surface area contributed by atoms with E-state index in [0.29, 0.717) is 19.5 Å². The third-order valence-electron chi connectivity index (χ3n) is 4.26. The molecule has 2 aromatic rings. The van der Waals surface area contributed by atoms with Gasteiger partial charge in [0.05, 0.1) is 10.5 Å². The van der Waals surface area contributed by atoms with Crippen LogP contribution in [-0.2, 0) is 0 Å². The number of aromatic hydroxyl groups is 1. The molecule has 0 spiro atoms. The van der Waals surface area contributed by atoms with Gasteiger partial charge in [-0.05, 0) is 30.2 Å². The van der Waals surface area contributed by atoms with E-state index in [2.05, 4.69) is 0 Å². The maximum absolute atomic E-state index is 13.0. The molecule has 1 atom stereocenters. The van der Waals surface area contributed by atoms with Crippen LogP contribution in [-0.4, -0.2) is 33.9 Å². The number of para-hydroxylation sites is 1. The number of likely N-dealkylation sites (tertiary alicyclic amines) is 1. The molecular weight excluding hydrogens is 315 g/mol. The van der Waals surface area contributed by atoms with Gasteiger partial charge in [-0.1, -0.05) is 18.2 Å². The molecule has 6 nitrogen and oxygen atoms in total. The van der Waals surface area contributed by atoms with Gasteiger partial charge in [-0.2, -0.15) is 0 Å². The third kappa shape index (κ3) is 2.92. The Hall–Kier alpha value is -2.96. The molecule has 3 rings (SSSR count). The molecule has 0 aromatic heterocycles. The monoisotopic (exact) mass is 330 g/mol. The minimum Gasteiger partial charge on any atom is -0.502 e. The van der Waals surface area contributed by atoms with Crippen LogP contribution in [0.2, 0.25) is 0 Å². The molecule has 1 N–H and O–H groups in total. The number of phenols is 1. The molecular formula is C17H15FN2O4. The third-order valence-corrected chi connectivity index (χ3v) is 4.26. The Balaban J connectivity index is 1.79. The zero-order chi connectivity index (χ0) is 17.3.